The van der Waals surface area contributed by atoms with Crippen LogP contribution in [0.3, 0.4) is 0 Å². The Morgan fingerprint density at radius 2 is 0.470 bits per heavy atom. The van der Waals surface area contributed by atoms with Gasteiger partial charge in [0.15, 0.2) is 6.10 Å². The highest BCUT2D eigenvalue weighted by Gasteiger charge is 2.19. The zero-order chi connectivity index (χ0) is 59.9. The molecule has 0 fully saturated rings. The van der Waals surface area contributed by atoms with Crippen molar-refractivity contribution in [2.24, 2.45) is 0 Å². The predicted molar refractivity (Wildman–Crippen MR) is 361 cm³/mol. The Balaban J connectivity index is 4.57. The van der Waals surface area contributed by atoms with Gasteiger partial charge < -0.3 is 14.2 Å². The molecular weight excluding hydrogens is 1020 g/mol. The summed E-state index contributed by atoms with van der Waals surface area (Å²) in [7, 11) is 0. The molecular formula is C77H120O6. The molecule has 0 aliphatic carbocycles. The molecule has 0 aliphatic heterocycles. The molecule has 0 saturated carbocycles. The minimum absolute atomic E-state index is 0.113. The third-order valence-electron chi connectivity index (χ3n) is 13.4. The van der Waals surface area contributed by atoms with E-state index >= 15 is 0 Å². The monoisotopic (exact) mass is 1140 g/mol. The first kappa shape index (κ1) is 77.5. The number of hydrogen-bond donors (Lipinski definition) is 0. The summed E-state index contributed by atoms with van der Waals surface area (Å²) in [6.45, 7) is 6.33. The summed E-state index contributed by atoms with van der Waals surface area (Å²) in [4.78, 5) is 38.4. The van der Waals surface area contributed by atoms with Gasteiger partial charge in [-0.15, -0.1) is 0 Å². The molecule has 0 aromatic heterocycles. The van der Waals surface area contributed by atoms with Crippen molar-refractivity contribution >= 4 is 17.9 Å². The van der Waals surface area contributed by atoms with Crippen LogP contribution in [0.25, 0.3) is 0 Å². The molecule has 0 amide bonds. The number of ether oxygens (including phenoxy) is 3. The second kappa shape index (κ2) is 69.0. The van der Waals surface area contributed by atoms with E-state index in [-0.39, 0.29) is 37.5 Å². The van der Waals surface area contributed by atoms with Crippen LogP contribution in [0.1, 0.15) is 265 Å². The summed E-state index contributed by atoms with van der Waals surface area (Å²) in [5, 5.41) is 0. The minimum atomic E-state index is -0.822. The molecule has 0 heterocycles. The lowest BCUT2D eigenvalue weighted by atomic mass is 10.1. The van der Waals surface area contributed by atoms with Gasteiger partial charge in [-0.2, -0.15) is 0 Å². The van der Waals surface area contributed by atoms with E-state index in [4.69, 9.17) is 14.2 Å². The molecule has 0 saturated heterocycles. The Morgan fingerprint density at radius 1 is 0.253 bits per heavy atom. The Labute approximate surface area is 510 Å². The van der Waals surface area contributed by atoms with E-state index in [2.05, 4.69) is 203 Å². The van der Waals surface area contributed by atoms with Crippen LogP contribution in [0, 0.1) is 0 Å². The van der Waals surface area contributed by atoms with Gasteiger partial charge in [0.25, 0.3) is 0 Å². The average molecular weight is 1140 g/mol. The molecule has 1 unspecified atom stereocenters. The van der Waals surface area contributed by atoms with Crippen LogP contribution in [0.15, 0.2) is 182 Å². The maximum Gasteiger partial charge on any atom is 0.306 e. The molecule has 464 valence electrons. The fraction of sp³-hybridized carbons (Fsp3) is 0.571. The smallest absolute Gasteiger partial charge is 0.306 e. The number of carbonyl (C=O) groups is 3. The molecule has 83 heavy (non-hydrogen) atoms. The van der Waals surface area contributed by atoms with Crippen LogP contribution >= 0.6 is 0 Å². The lowest BCUT2D eigenvalue weighted by molar-refractivity contribution is -0.167. The van der Waals surface area contributed by atoms with Crippen molar-refractivity contribution in [1.29, 1.82) is 0 Å². The van der Waals surface area contributed by atoms with E-state index in [0.717, 1.165) is 186 Å². The predicted octanol–water partition coefficient (Wildman–Crippen LogP) is 23.2. The van der Waals surface area contributed by atoms with Crippen LogP contribution in [0.5, 0.6) is 0 Å². The SMILES string of the molecule is CC/C=C\C/C=C\C/C=C\C/C=C\C/C=C\C/C=C\CCCCCCC(=O)OCC(COC(=O)CCCCCCCC/C=C\C/C=C\C/C=C\CCCCC)OC(=O)CCCCCC/C=C\C/C=C\C/C=C\C/C=C\C/C=C\C/C=C\CC. The van der Waals surface area contributed by atoms with E-state index < -0.39 is 6.10 Å². The zero-order valence-corrected chi connectivity index (χ0v) is 53.1. The molecule has 0 spiro atoms. The molecule has 6 nitrogen and oxygen atoms in total. The molecule has 0 rings (SSSR count). The van der Waals surface area contributed by atoms with E-state index in [1.165, 1.54) is 38.5 Å². The number of rotatable bonds is 58. The zero-order valence-electron chi connectivity index (χ0n) is 53.1. The molecule has 0 aromatic rings. The second-order valence-corrected chi connectivity index (χ2v) is 21.3. The van der Waals surface area contributed by atoms with Crippen LogP contribution < -0.4 is 0 Å². The maximum absolute atomic E-state index is 12.9. The van der Waals surface area contributed by atoms with Crippen molar-refractivity contribution in [3.05, 3.63) is 182 Å². The summed E-state index contributed by atoms with van der Waals surface area (Å²) in [5.41, 5.74) is 0. The molecule has 1 atom stereocenters. The normalized spacial score (nSPS) is 13.3. The van der Waals surface area contributed by atoms with Gasteiger partial charge in [0.05, 0.1) is 0 Å². The van der Waals surface area contributed by atoms with Gasteiger partial charge in [-0.3, -0.25) is 14.4 Å². The van der Waals surface area contributed by atoms with Crippen LogP contribution in [0.4, 0.5) is 0 Å². The van der Waals surface area contributed by atoms with Crippen molar-refractivity contribution in [2.45, 2.75) is 271 Å². The highest BCUT2D eigenvalue weighted by atomic mass is 16.6. The Morgan fingerprint density at radius 3 is 0.735 bits per heavy atom. The molecule has 0 aliphatic rings. The maximum atomic E-state index is 12.9. The lowest BCUT2D eigenvalue weighted by Gasteiger charge is -2.18. The van der Waals surface area contributed by atoms with Crippen LogP contribution in [-0.2, 0) is 28.6 Å². The first-order valence-electron chi connectivity index (χ1n) is 33.3. The van der Waals surface area contributed by atoms with Gasteiger partial charge in [0, 0.05) is 19.3 Å². The summed E-state index contributed by atoms with van der Waals surface area (Å²) >= 11 is 0. The van der Waals surface area contributed by atoms with Gasteiger partial charge in [0.2, 0.25) is 0 Å². The number of hydrogen-bond acceptors (Lipinski definition) is 6. The molecule has 0 aromatic carbocycles. The number of esters is 3. The van der Waals surface area contributed by atoms with E-state index in [1.807, 2.05) is 0 Å². The second-order valence-electron chi connectivity index (χ2n) is 21.3. The Bertz CT molecular complexity index is 1940. The van der Waals surface area contributed by atoms with Crippen molar-refractivity contribution in [1.82, 2.24) is 0 Å². The highest BCUT2D eigenvalue weighted by Crippen LogP contribution is 2.13. The van der Waals surface area contributed by atoms with Gasteiger partial charge in [-0.05, 0) is 161 Å². The standard InChI is InChI=1S/C77H120O6/c1-4-7-10-13-16-19-22-25-28-31-34-36-38-40-43-46-49-52-55-58-61-64-67-70-76(79)82-73-74(72-81-75(78)69-66-63-60-57-54-51-48-45-42-33-30-27-24-21-18-15-12-9-6-3)83-77(80)71-68-65-62-59-56-53-50-47-44-41-39-37-35-32-29-26-23-20-17-14-11-8-5-2/h7-8,10-11,16-21,25-30,34-37,40-45,49-50,52-53,74H,4-6,9,12-15,22-24,31-33,38-39,46-48,51,54-73H2,1-3H3/b10-7-,11-8-,19-16-,20-17-,21-18-,28-25-,29-26-,30-27-,36-34-,37-35-,43-40-,44-41-,45-42-,52-49-,53-50-. The van der Waals surface area contributed by atoms with Crippen molar-refractivity contribution < 1.29 is 28.6 Å². The summed E-state index contributed by atoms with van der Waals surface area (Å²) in [6, 6.07) is 0. The number of unbranched alkanes of at least 4 members (excludes halogenated alkanes) is 17. The van der Waals surface area contributed by atoms with Gasteiger partial charge in [-0.25, -0.2) is 0 Å². The fourth-order valence-electron chi connectivity index (χ4n) is 8.46. The highest BCUT2D eigenvalue weighted by molar-refractivity contribution is 5.71. The summed E-state index contributed by atoms with van der Waals surface area (Å²) < 4.78 is 16.9. The molecule has 0 bridgehead atoms. The first-order valence-corrected chi connectivity index (χ1v) is 33.3. The first-order chi connectivity index (χ1) is 41.0. The number of allylic oxidation sites excluding steroid dienone is 30. The average Bonchev–Trinajstić information content (AvgIpc) is 3.49. The van der Waals surface area contributed by atoms with Gasteiger partial charge in [-0.1, -0.05) is 267 Å². The third-order valence-corrected chi connectivity index (χ3v) is 13.4. The Kier molecular flexibility index (Phi) is 64.4. The van der Waals surface area contributed by atoms with Gasteiger partial charge in [0.1, 0.15) is 13.2 Å². The molecule has 0 radical (unpaired) electrons. The van der Waals surface area contributed by atoms with E-state index in [1.54, 1.807) is 0 Å². The van der Waals surface area contributed by atoms with Crippen LogP contribution in [-0.4, -0.2) is 37.2 Å². The van der Waals surface area contributed by atoms with E-state index in [9.17, 15) is 14.4 Å². The van der Waals surface area contributed by atoms with E-state index in [0.29, 0.717) is 12.8 Å². The van der Waals surface area contributed by atoms with Crippen molar-refractivity contribution in [2.75, 3.05) is 13.2 Å². The third kappa shape index (κ3) is 67.2. The Hall–Kier alpha value is -5.49. The van der Waals surface area contributed by atoms with Crippen molar-refractivity contribution in [3.63, 3.8) is 0 Å². The van der Waals surface area contributed by atoms with Crippen molar-refractivity contribution in [3.8, 4) is 0 Å². The minimum Gasteiger partial charge on any atom is -0.462 e. The fourth-order valence-corrected chi connectivity index (χ4v) is 8.46. The summed E-state index contributed by atoms with van der Waals surface area (Å²) in [6.07, 6.45) is 103. The molecule has 6 heteroatoms. The topological polar surface area (TPSA) is 78.9 Å². The molecule has 0 N–H and O–H groups in total. The largest absolute Gasteiger partial charge is 0.462 e. The van der Waals surface area contributed by atoms with Gasteiger partial charge >= 0.3 is 17.9 Å². The quantitative estimate of drug-likeness (QED) is 0.0261. The number of carbonyl (C=O) groups excluding carboxylic acids is 3. The van der Waals surface area contributed by atoms with Crippen LogP contribution in [0.2, 0.25) is 0 Å². The lowest BCUT2D eigenvalue weighted by Crippen LogP contribution is -2.30. The summed E-state index contributed by atoms with van der Waals surface area (Å²) in [5.74, 6) is -0.980.